The first kappa shape index (κ1) is 14.0. The van der Waals surface area contributed by atoms with Gasteiger partial charge in [-0.15, -0.1) is 0 Å². The number of carbonyl (C=O) groups is 1. The lowest BCUT2D eigenvalue weighted by molar-refractivity contribution is 0.259. The summed E-state index contributed by atoms with van der Waals surface area (Å²) >= 11 is 0. The summed E-state index contributed by atoms with van der Waals surface area (Å²) in [6.45, 7) is 1.89. The van der Waals surface area contributed by atoms with E-state index in [-0.39, 0.29) is 5.82 Å². The Bertz CT molecular complexity index is 628. The highest BCUT2D eigenvalue weighted by atomic mass is 19.1. The average Bonchev–Trinajstić information content (AvgIpc) is 2.37. The summed E-state index contributed by atoms with van der Waals surface area (Å²) in [5, 5.41) is 2.44. The molecule has 1 aromatic carbocycles. The zero-order valence-electron chi connectivity index (χ0n) is 11.2. The van der Waals surface area contributed by atoms with Gasteiger partial charge in [0.2, 0.25) is 0 Å². The molecule has 0 radical (unpaired) electrons. The molecule has 0 aliphatic heterocycles. The Hall–Kier alpha value is -2.43. The number of rotatable bonds is 4. The number of pyridine rings is 1. The number of hydrogen-bond donors (Lipinski definition) is 2. The van der Waals surface area contributed by atoms with Crippen LogP contribution >= 0.6 is 0 Å². The molecule has 2 aromatic rings. The largest absolute Gasteiger partial charge is 0.351 e. The van der Waals surface area contributed by atoms with Crippen molar-refractivity contribution in [3.63, 3.8) is 0 Å². The van der Waals surface area contributed by atoms with Gasteiger partial charge in [0, 0.05) is 6.20 Å². The monoisotopic (exact) mass is 273 g/mol. The minimum atomic E-state index is -0.635. The topological polar surface area (TPSA) is 68.0 Å². The van der Waals surface area contributed by atoms with Crippen LogP contribution in [0.2, 0.25) is 0 Å². The van der Waals surface area contributed by atoms with Crippen molar-refractivity contribution in [3.05, 3.63) is 59.0 Å². The third-order valence-corrected chi connectivity index (χ3v) is 3.06. The van der Waals surface area contributed by atoms with Crippen molar-refractivity contribution in [2.45, 2.75) is 19.8 Å². The smallest absolute Gasteiger partial charge is 0.317 e. The minimum Gasteiger partial charge on any atom is -0.351 e. The molecule has 20 heavy (non-hydrogen) atoms. The number of nitrogens with zero attached hydrogens (tertiary/aromatic N) is 1. The summed E-state index contributed by atoms with van der Waals surface area (Å²) in [5.41, 5.74) is 8.13. The van der Waals surface area contributed by atoms with Gasteiger partial charge in [-0.2, -0.15) is 0 Å². The number of halogens is 1. The number of aromatic nitrogens is 1. The number of urea groups is 1. The zero-order valence-corrected chi connectivity index (χ0v) is 11.2. The van der Waals surface area contributed by atoms with E-state index in [9.17, 15) is 9.18 Å². The molecule has 0 aliphatic carbocycles. The van der Waals surface area contributed by atoms with Gasteiger partial charge in [0.1, 0.15) is 11.6 Å². The van der Waals surface area contributed by atoms with Crippen LogP contribution in [0.1, 0.15) is 16.7 Å². The summed E-state index contributed by atoms with van der Waals surface area (Å²) in [7, 11) is 0. The fourth-order valence-electron chi connectivity index (χ4n) is 2.04. The van der Waals surface area contributed by atoms with Gasteiger partial charge in [-0.1, -0.05) is 6.07 Å². The molecule has 104 valence electrons. The molecule has 0 saturated heterocycles. The summed E-state index contributed by atoms with van der Waals surface area (Å²) in [6, 6.07) is 7.82. The molecule has 0 saturated carbocycles. The highest BCUT2D eigenvalue weighted by Gasteiger charge is 2.03. The lowest BCUT2D eigenvalue weighted by atomic mass is 10.0. The standard InChI is InChI=1S/C15H16FN3O/c1-10-8-13(16)5-4-12(10)3-2-11-6-7-18-14(9-11)19-15(17)20/h4-9H,2-3H2,1H3,(H3,17,18,19,20). The Kier molecular flexibility index (Phi) is 4.30. The van der Waals surface area contributed by atoms with Crippen molar-refractivity contribution in [2.24, 2.45) is 5.73 Å². The number of aryl methyl sites for hydroxylation is 3. The highest BCUT2D eigenvalue weighted by molar-refractivity contribution is 5.86. The van der Waals surface area contributed by atoms with Gasteiger partial charge >= 0.3 is 6.03 Å². The molecular formula is C15H16FN3O. The Balaban J connectivity index is 2.05. The maximum atomic E-state index is 13.0. The van der Waals surface area contributed by atoms with Crippen LogP contribution < -0.4 is 11.1 Å². The molecule has 0 bridgehead atoms. The first-order chi connectivity index (χ1) is 9.54. The molecule has 0 aliphatic rings. The van der Waals surface area contributed by atoms with E-state index in [1.165, 1.54) is 12.1 Å². The summed E-state index contributed by atoms with van der Waals surface area (Å²) in [6.07, 6.45) is 3.20. The molecule has 1 aromatic heterocycles. The fraction of sp³-hybridized carbons (Fsp3) is 0.200. The quantitative estimate of drug-likeness (QED) is 0.899. The Morgan fingerprint density at radius 2 is 2.10 bits per heavy atom. The van der Waals surface area contributed by atoms with Gasteiger partial charge in [0.15, 0.2) is 0 Å². The predicted octanol–water partition coefficient (Wildman–Crippen LogP) is 2.80. The third-order valence-electron chi connectivity index (χ3n) is 3.06. The molecule has 0 fully saturated rings. The van der Waals surface area contributed by atoms with Crippen LogP contribution in [0.25, 0.3) is 0 Å². The van der Waals surface area contributed by atoms with Crippen LogP contribution in [0, 0.1) is 12.7 Å². The number of primary amides is 1. The molecule has 4 nitrogen and oxygen atoms in total. The Morgan fingerprint density at radius 3 is 2.80 bits per heavy atom. The SMILES string of the molecule is Cc1cc(F)ccc1CCc1ccnc(NC(N)=O)c1. The van der Waals surface area contributed by atoms with E-state index in [4.69, 9.17) is 5.73 Å². The first-order valence-corrected chi connectivity index (χ1v) is 6.31. The van der Waals surface area contributed by atoms with Crippen LogP contribution in [-0.2, 0) is 12.8 Å². The highest BCUT2D eigenvalue weighted by Crippen LogP contribution is 2.14. The third kappa shape index (κ3) is 3.78. The van der Waals surface area contributed by atoms with Gasteiger partial charge in [-0.3, -0.25) is 5.32 Å². The maximum Gasteiger partial charge on any atom is 0.317 e. The lowest BCUT2D eigenvalue weighted by Crippen LogP contribution is -2.20. The number of nitrogens with one attached hydrogen (secondary N) is 1. The van der Waals surface area contributed by atoms with Crippen molar-refractivity contribution in [1.29, 1.82) is 0 Å². The number of hydrogen-bond acceptors (Lipinski definition) is 2. The van der Waals surface area contributed by atoms with Crippen molar-refractivity contribution in [2.75, 3.05) is 5.32 Å². The van der Waals surface area contributed by atoms with E-state index in [1.807, 2.05) is 13.0 Å². The van der Waals surface area contributed by atoms with Crippen molar-refractivity contribution >= 4 is 11.8 Å². The number of carbonyl (C=O) groups excluding carboxylic acids is 1. The molecule has 0 unspecified atom stereocenters. The maximum absolute atomic E-state index is 13.0. The van der Waals surface area contributed by atoms with E-state index in [2.05, 4.69) is 10.3 Å². The second-order valence-corrected chi connectivity index (χ2v) is 4.61. The van der Waals surface area contributed by atoms with Crippen LogP contribution in [-0.4, -0.2) is 11.0 Å². The molecule has 2 rings (SSSR count). The average molecular weight is 273 g/mol. The van der Waals surface area contributed by atoms with Gasteiger partial charge < -0.3 is 5.73 Å². The summed E-state index contributed by atoms with van der Waals surface area (Å²) in [5.74, 6) is 0.217. The number of anilines is 1. The normalized spacial score (nSPS) is 10.3. The summed E-state index contributed by atoms with van der Waals surface area (Å²) in [4.78, 5) is 14.8. The molecule has 5 heteroatoms. The van der Waals surface area contributed by atoms with Crippen molar-refractivity contribution < 1.29 is 9.18 Å². The van der Waals surface area contributed by atoms with Gasteiger partial charge in [0.25, 0.3) is 0 Å². The van der Waals surface area contributed by atoms with E-state index >= 15 is 0 Å². The van der Waals surface area contributed by atoms with Crippen LogP contribution in [0.5, 0.6) is 0 Å². The molecule has 0 atom stereocenters. The van der Waals surface area contributed by atoms with Crippen molar-refractivity contribution in [3.8, 4) is 0 Å². The van der Waals surface area contributed by atoms with Gasteiger partial charge in [-0.05, 0) is 60.7 Å². The fourth-order valence-corrected chi connectivity index (χ4v) is 2.04. The molecule has 2 amide bonds. The molecule has 0 spiro atoms. The van der Waals surface area contributed by atoms with E-state index < -0.39 is 6.03 Å². The van der Waals surface area contributed by atoms with E-state index in [1.54, 1.807) is 18.3 Å². The number of amides is 2. The van der Waals surface area contributed by atoms with Crippen LogP contribution in [0.3, 0.4) is 0 Å². The molecular weight excluding hydrogens is 257 g/mol. The Morgan fingerprint density at radius 1 is 1.30 bits per heavy atom. The van der Waals surface area contributed by atoms with Gasteiger partial charge in [0.05, 0.1) is 0 Å². The second-order valence-electron chi connectivity index (χ2n) is 4.61. The van der Waals surface area contributed by atoms with Crippen LogP contribution in [0.15, 0.2) is 36.5 Å². The second kappa shape index (κ2) is 6.14. The minimum absolute atomic E-state index is 0.219. The summed E-state index contributed by atoms with van der Waals surface area (Å²) < 4.78 is 13.0. The van der Waals surface area contributed by atoms with E-state index in [0.717, 1.165) is 29.5 Å². The zero-order chi connectivity index (χ0) is 14.5. The number of benzene rings is 1. The van der Waals surface area contributed by atoms with Gasteiger partial charge in [-0.25, -0.2) is 14.2 Å². The predicted molar refractivity (Wildman–Crippen MR) is 76.0 cm³/mol. The first-order valence-electron chi connectivity index (χ1n) is 6.31. The lowest BCUT2D eigenvalue weighted by Gasteiger charge is -2.07. The molecule has 1 heterocycles. The molecule has 3 N–H and O–H groups in total. The van der Waals surface area contributed by atoms with E-state index in [0.29, 0.717) is 5.82 Å². The Labute approximate surface area is 116 Å². The van der Waals surface area contributed by atoms with Crippen molar-refractivity contribution in [1.82, 2.24) is 4.98 Å². The van der Waals surface area contributed by atoms with Crippen LogP contribution in [0.4, 0.5) is 15.0 Å². The number of nitrogens with two attached hydrogens (primary N) is 1.